The zero-order valence-electron chi connectivity index (χ0n) is 35.8. The summed E-state index contributed by atoms with van der Waals surface area (Å²) in [6.07, 6.45) is 9.09. The number of nitrogens with two attached hydrogens (primary N) is 2. The van der Waals surface area contributed by atoms with Crippen molar-refractivity contribution in [2.45, 2.75) is 30.7 Å². The van der Waals surface area contributed by atoms with Crippen molar-refractivity contribution in [2.75, 3.05) is 7.05 Å². The lowest BCUT2D eigenvalue weighted by Gasteiger charge is -2.38. The van der Waals surface area contributed by atoms with Crippen LogP contribution in [-0.4, -0.2) is 7.05 Å². The Labute approximate surface area is 371 Å². The van der Waals surface area contributed by atoms with Crippen LogP contribution in [0.15, 0.2) is 224 Å². The van der Waals surface area contributed by atoms with Crippen molar-refractivity contribution in [1.29, 1.82) is 0 Å². The van der Waals surface area contributed by atoms with Gasteiger partial charge in [0.15, 0.2) is 23.0 Å². The molecule has 0 saturated carbocycles. The van der Waals surface area contributed by atoms with Gasteiger partial charge in [-0.3, -0.25) is 0 Å². The average Bonchev–Trinajstić information content (AvgIpc) is 3.69. The van der Waals surface area contributed by atoms with Crippen LogP contribution in [0.1, 0.15) is 57.7 Å². The van der Waals surface area contributed by atoms with E-state index in [0.29, 0.717) is 6.54 Å². The van der Waals surface area contributed by atoms with Crippen molar-refractivity contribution in [3.8, 4) is 45.3 Å². The van der Waals surface area contributed by atoms with Crippen LogP contribution in [0.25, 0.3) is 22.3 Å². The molecular formula is C59H52N2O2. The molecule has 4 N–H and O–H groups in total. The summed E-state index contributed by atoms with van der Waals surface area (Å²) in [5, 5.41) is 0. The molecule has 0 fully saturated rings. The van der Waals surface area contributed by atoms with Gasteiger partial charge in [0, 0.05) is 29.9 Å². The minimum Gasteiger partial charge on any atom is -0.449 e. The first-order valence-electron chi connectivity index (χ1n) is 21.8. The van der Waals surface area contributed by atoms with Gasteiger partial charge in [-0.15, -0.1) is 0 Å². The first-order chi connectivity index (χ1) is 31.1. The van der Waals surface area contributed by atoms with Crippen molar-refractivity contribution in [3.05, 3.63) is 263 Å². The van der Waals surface area contributed by atoms with Crippen LogP contribution in [0, 0.1) is 5.92 Å². The van der Waals surface area contributed by atoms with E-state index in [2.05, 4.69) is 207 Å². The fraction of sp³-hybridized carbons (Fsp3) is 0.119. The summed E-state index contributed by atoms with van der Waals surface area (Å²) in [5.41, 5.74) is 23.0. The topological polar surface area (TPSA) is 70.5 Å². The van der Waals surface area contributed by atoms with Crippen LogP contribution in [0.3, 0.4) is 0 Å². The average molecular weight is 821 g/mol. The van der Waals surface area contributed by atoms with Crippen LogP contribution in [-0.2, 0) is 12.0 Å². The molecule has 0 aromatic heterocycles. The van der Waals surface area contributed by atoms with Crippen LogP contribution in [0.4, 0.5) is 0 Å². The maximum absolute atomic E-state index is 6.88. The summed E-state index contributed by atoms with van der Waals surface area (Å²) in [4.78, 5) is 0. The Balaban J connectivity index is 0.000000452. The van der Waals surface area contributed by atoms with Crippen molar-refractivity contribution < 1.29 is 9.47 Å². The van der Waals surface area contributed by atoms with Gasteiger partial charge in [-0.05, 0) is 80.9 Å². The van der Waals surface area contributed by atoms with E-state index in [9.17, 15) is 0 Å². The molecule has 11 rings (SSSR count). The highest BCUT2D eigenvalue weighted by Crippen LogP contribution is 2.64. The monoisotopic (exact) mass is 820 g/mol. The molecule has 4 heteroatoms. The molecule has 8 aromatic rings. The van der Waals surface area contributed by atoms with Gasteiger partial charge in [0.25, 0.3) is 0 Å². The Morgan fingerprint density at radius 2 is 0.984 bits per heavy atom. The largest absolute Gasteiger partial charge is 0.449 e. The molecule has 1 heterocycles. The number of ether oxygens (including phenoxy) is 2. The highest BCUT2D eigenvalue weighted by atomic mass is 16.6. The van der Waals surface area contributed by atoms with E-state index in [0.717, 1.165) is 34.1 Å². The number of hydrogen-bond donors (Lipinski definition) is 2. The molecule has 63 heavy (non-hydrogen) atoms. The van der Waals surface area contributed by atoms with Gasteiger partial charge in [-0.1, -0.05) is 213 Å². The predicted molar refractivity (Wildman–Crippen MR) is 260 cm³/mol. The van der Waals surface area contributed by atoms with Gasteiger partial charge < -0.3 is 20.9 Å². The lowest BCUT2D eigenvalue weighted by atomic mass is 9.63. The zero-order chi connectivity index (χ0) is 43.2. The van der Waals surface area contributed by atoms with Gasteiger partial charge in [-0.2, -0.15) is 0 Å². The number of allylic oxidation sites excluding steroid dienone is 4. The Morgan fingerprint density at radius 1 is 0.492 bits per heavy atom. The Hall–Kier alpha value is -7.24. The lowest BCUT2D eigenvalue weighted by Crippen LogP contribution is -2.34. The molecular weight excluding hydrogens is 769 g/mol. The van der Waals surface area contributed by atoms with Crippen molar-refractivity contribution in [1.82, 2.24) is 0 Å². The molecule has 310 valence electrons. The third kappa shape index (κ3) is 7.80. The molecule has 3 atom stereocenters. The molecule has 0 saturated heterocycles. The molecule has 8 aromatic carbocycles. The van der Waals surface area contributed by atoms with E-state index in [-0.39, 0.29) is 23.2 Å². The van der Waals surface area contributed by atoms with Crippen LogP contribution in [0.5, 0.6) is 23.0 Å². The highest BCUT2D eigenvalue weighted by Gasteiger charge is 2.54. The van der Waals surface area contributed by atoms with E-state index in [1.54, 1.807) is 0 Å². The highest BCUT2D eigenvalue weighted by molar-refractivity contribution is 5.73. The van der Waals surface area contributed by atoms with Crippen molar-refractivity contribution in [2.24, 2.45) is 17.4 Å². The summed E-state index contributed by atoms with van der Waals surface area (Å²) in [5.74, 6) is 3.66. The van der Waals surface area contributed by atoms with E-state index >= 15 is 0 Å². The second-order valence-corrected chi connectivity index (χ2v) is 16.1. The van der Waals surface area contributed by atoms with E-state index in [4.69, 9.17) is 15.2 Å². The van der Waals surface area contributed by atoms with Crippen LogP contribution >= 0.6 is 0 Å². The number of benzene rings is 8. The molecule has 3 aliphatic rings. The van der Waals surface area contributed by atoms with Gasteiger partial charge in [-0.25, -0.2) is 0 Å². The summed E-state index contributed by atoms with van der Waals surface area (Å²) in [7, 11) is 1.50. The summed E-state index contributed by atoms with van der Waals surface area (Å²) >= 11 is 0. The van der Waals surface area contributed by atoms with Crippen LogP contribution < -0.4 is 20.9 Å². The molecule has 0 radical (unpaired) electrons. The lowest BCUT2D eigenvalue weighted by molar-refractivity contribution is 0.355. The fourth-order valence-electron chi connectivity index (χ4n) is 9.63. The molecule has 0 spiro atoms. The van der Waals surface area contributed by atoms with E-state index in [1.807, 2.05) is 30.3 Å². The Bertz CT molecular complexity index is 2800. The van der Waals surface area contributed by atoms with Crippen LogP contribution in [0.2, 0.25) is 0 Å². The van der Waals surface area contributed by atoms with Gasteiger partial charge >= 0.3 is 0 Å². The smallest absolute Gasteiger partial charge is 0.174 e. The van der Waals surface area contributed by atoms with Crippen molar-refractivity contribution in [3.63, 3.8) is 0 Å². The predicted octanol–water partition coefficient (Wildman–Crippen LogP) is 14.0. The van der Waals surface area contributed by atoms with Crippen molar-refractivity contribution >= 4 is 0 Å². The first-order valence-corrected chi connectivity index (χ1v) is 21.8. The maximum atomic E-state index is 6.88. The molecule has 0 amide bonds. The summed E-state index contributed by atoms with van der Waals surface area (Å²) in [6, 6.07) is 71.0. The Kier molecular flexibility index (Phi) is 12.0. The van der Waals surface area contributed by atoms with E-state index in [1.165, 1.54) is 57.1 Å². The molecule has 4 nitrogen and oxygen atoms in total. The SMILES string of the molecule is CC(c1ccc(-c2ccccc2)cc1)c1ccc(-c2ccc3c(c2)Oc2ccc4c(c2O3)C2C=CC=CC2C4(c2ccccc2)c2ccccc2)cc1.CN.NCc1ccccc1. The third-order valence-electron chi connectivity index (χ3n) is 12.7. The number of rotatable bonds is 7. The third-order valence-corrected chi connectivity index (χ3v) is 12.7. The normalized spacial score (nSPS) is 16.2. The van der Waals surface area contributed by atoms with Gasteiger partial charge in [0.05, 0.1) is 5.41 Å². The standard InChI is InChI=1S/C51H38O2.C7H9N.CH5N/c1-34(35-21-25-38(26-22-35)37-13-5-2-6-14-37)36-23-27-39(28-24-36)40-29-31-46-48(33-40)52-47-32-30-45-49(50(47)53-46)43-19-11-12-20-44(43)51(45,41-15-7-3-8-16-41)42-17-9-4-10-18-42;8-6-7-4-2-1-3-5-7;1-2/h2-34,43-44H,1H3;1-5H,6,8H2;2H2,1H3. The van der Waals surface area contributed by atoms with Gasteiger partial charge in [0.2, 0.25) is 0 Å². The second kappa shape index (κ2) is 18.4. The number of fused-ring (bicyclic) bond motifs is 6. The molecule has 1 aliphatic heterocycles. The minimum absolute atomic E-state index is 0.137. The fourth-order valence-corrected chi connectivity index (χ4v) is 9.63. The minimum atomic E-state index is -0.373. The molecule has 0 bridgehead atoms. The van der Waals surface area contributed by atoms with E-state index < -0.39 is 0 Å². The first kappa shape index (κ1) is 41.1. The van der Waals surface area contributed by atoms with Gasteiger partial charge in [0.1, 0.15) is 0 Å². The maximum Gasteiger partial charge on any atom is 0.174 e. The molecule has 2 aliphatic carbocycles. The quantitative estimate of drug-likeness (QED) is 0.168. The zero-order valence-corrected chi connectivity index (χ0v) is 35.8. The number of hydrogen-bond acceptors (Lipinski definition) is 4. The second-order valence-electron chi connectivity index (χ2n) is 16.1. The summed E-state index contributed by atoms with van der Waals surface area (Å²) in [6.45, 7) is 2.91. The molecule has 3 unspecified atom stereocenters. The summed E-state index contributed by atoms with van der Waals surface area (Å²) < 4.78 is 13.6. The Morgan fingerprint density at radius 3 is 1.56 bits per heavy atom.